The van der Waals surface area contributed by atoms with Crippen LogP contribution in [-0.2, 0) is 20.2 Å². The van der Waals surface area contributed by atoms with Gasteiger partial charge in [0, 0.05) is 0 Å². The van der Waals surface area contributed by atoms with E-state index < -0.39 is 57.0 Å². The molecule has 6 nitrogen and oxygen atoms in total. The van der Waals surface area contributed by atoms with Gasteiger partial charge in [0.15, 0.2) is 0 Å². The molecule has 1 aliphatic heterocycles. The molecule has 1 atom stereocenters. The first-order valence-electron chi connectivity index (χ1n) is 9.36. The molecule has 0 saturated carbocycles. The van der Waals surface area contributed by atoms with Gasteiger partial charge in [-0.15, -0.1) is 0 Å². The molecule has 164 valence electrons. The number of fused-ring (bicyclic) bond motifs is 2. The summed E-state index contributed by atoms with van der Waals surface area (Å²) < 4.78 is 68.4. The van der Waals surface area contributed by atoms with Crippen LogP contribution in [0.1, 0.15) is 15.1 Å². The molecule has 1 unspecified atom stereocenters. The summed E-state index contributed by atoms with van der Waals surface area (Å²) in [4.78, 5) is 14.4. The minimum atomic E-state index is -4.46. The van der Waals surface area contributed by atoms with Gasteiger partial charge < -0.3 is 0 Å². The van der Waals surface area contributed by atoms with Crippen molar-refractivity contribution < 1.29 is 25.9 Å². The Morgan fingerprint density at radius 2 is 1.47 bits per heavy atom. The summed E-state index contributed by atoms with van der Waals surface area (Å²) in [6.45, 7) is 0. The molecule has 0 aliphatic carbocycles. The van der Waals surface area contributed by atoms with Crippen LogP contribution in [0.25, 0.3) is 0 Å². The number of hydrogen-bond acceptors (Lipinski definition) is 5. The van der Waals surface area contributed by atoms with Gasteiger partial charge in [0.05, 0.1) is 0 Å². The van der Waals surface area contributed by atoms with Crippen molar-refractivity contribution in [1.29, 1.82) is 0 Å². The Morgan fingerprint density at radius 1 is 0.867 bits per heavy atom. The maximum absolute atomic E-state index is 12.2. The summed E-state index contributed by atoms with van der Waals surface area (Å²) in [7, 11) is -8.85. The SMILES string of the molecule is [CH3][Sn]([CH3])([CH3])[c]1ccc(S(=O)(=O)O)c2c1[CH]([Sn]([CH3])([CH3])[CH3])c1ccc(S(=O)(=O)O)cc1S2. The van der Waals surface area contributed by atoms with E-state index in [0.29, 0.717) is 9.79 Å². The fourth-order valence-electron chi connectivity index (χ4n) is 4.00. The Balaban J connectivity index is 2.47. The summed E-state index contributed by atoms with van der Waals surface area (Å²) in [6.07, 6.45) is 0. The topological polar surface area (TPSA) is 109 Å². The van der Waals surface area contributed by atoms with Crippen LogP contribution >= 0.6 is 11.8 Å². The molecular formula is C19H26O6S3Sn2. The van der Waals surface area contributed by atoms with Crippen molar-refractivity contribution >= 4 is 72.3 Å². The van der Waals surface area contributed by atoms with E-state index in [2.05, 4.69) is 29.6 Å². The zero-order chi connectivity index (χ0) is 22.9. The Kier molecular flexibility index (Phi) is 6.55. The Labute approximate surface area is 191 Å². The van der Waals surface area contributed by atoms with Crippen LogP contribution in [0.3, 0.4) is 0 Å². The normalized spacial score (nSPS) is 17.4. The van der Waals surface area contributed by atoms with Crippen molar-refractivity contribution in [2.45, 2.75) is 53.2 Å². The maximum atomic E-state index is 12.2. The molecule has 0 saturated heterocycles. The molecule has 3 rings (SSSR count). The predicted molar refractivity (Wildman–Crippen MR) is 125 cm³/mol. The summed E-state index contributed by atoms with van der Waals surface area (Å²) in [5.74, 6) is 0. The number of benzene rings is 2. The number of rotatable bonds is 4. The zero-order valence-corrected chi connectivity index (χ0v) is 25.9. The van der Waals surface area contributed by atoms with Crippen molar-refractivity contribution in [2.24, 2.45) is 0 Å². The molecule has 0 aromatic heterocycles. The minimum absolute atomic E-state index is 0.00798. The molecule has 0 radical (unpaired) electrons. The molecule has 0 spiro atoms. The van der Waals surface area contributed by atoms with Crippen molar-refractivity contribution in [2.75, 3.05) is 0 Å². The molecule has 0 bridgehead atoms. The van der Waals surface area contributed by atoms with Gasteiger partial charge in [0.25, 0.3) is 0 Å². The van der Waals surface area contributed by atoms with Crippen molar-refractivity contribution in [3.8, 4) is 0 Å². The third-order valence-corrected chi connectivity index (χ3v) is 20.8. The van der Waals surface area contributed by atoms with Gasteiger partial charge in [-0.3, -0.25) is 0 Å². The molecule has 0 amide bonds. The van der Waals surface area contributed by atoms with E-state index in [9.17, 15) is 25.9 Å². The molecule has 2 aromatic rings. The summed E-state index contributed by atoms with van der Waals surface area (Å²) in [5.41, 5.74) is 1.99. The van der Waals surface area contributed by atoms with Crippen LogP contribution in [0.2, 0.25) is 29.6 Å². The monoisotopic (exact) mass is 686 g/mol. The van der Waals surface area contributed by atoms with Crippen LogP contribution < -0.4 is 3.58 Å². The fraction of sp³-hybridized carbons (Fsp3) is 0.368. The molecule has 11 heteroatoms. The quantitative estimate of drug-likeness (QED) is 0.368. The van der Waals surface area contributed by atoms with Gasteiger partial charge in [-0.25, -0.2) is 0 Å². The van der Waals surface area contributed by atoms with Crippen molar-refractivity contribution in [3.63, 3.8) is 0 Å². The van der Waals surface area contributed by atoms with Gasteiger partial charge >= 0.3 is 193 Å². The summed E-state index contributed by atoms with van der Waals surface area (Å²) in [5, 5.41) is 0. The summed E-state index contributed by atoms with van der Waals surface area (Å²) >= 11 is -4.36. The second-order valence-electron chi connectivity index (χ2n) is 9.65. The Hall–Kier alpha value is 0.207. The first kappa shape index (κ1) is 24.8. The molecule has 2 aromatic carbocycles. The average molecular weight is 684 g/mol. The molecule has 2 N–H and O–H groups in total. The molecular weight excluding hydrogens is 658 g/mol. The predicted octanol–water partition coefficient (Wildman–Crippen LogP) is 4.20. The van der Waals surface area contributed by atoms with E-state index in [1.807, 2.05) is 6.07 Å². The summed E-state index contributed by atoms with van der Waals surface area (Å²) in [6, 6.07) is 7.93. The van der Waals surface area contributed by atoms with E-state index >= 15 is 0 Å². The standard InChI is InChI=1S/C13H8O6S3.6CH3.2Sn/c14-21(15,16)10-5-4-8-6-9-2-1-3-12(22(17,18)19)13(9)20-11(8)7-10;;;;;;;;/h1,3-7H,(H,14,15,16)(H,17,18,19);6*1H3;;. The van der Waals surface area contributed by atoms with E-state index in [0.717, 1.165) is 11.1 Å². The van der Waals surface area contributed by atoms with E-state index in [4.69, 9.17) is 0 Å². The van der Waals surface area contributed by atoms with Crippen LogP contribution in [-0.4, -0.2) is 62.7 Å². The van der Waals surface area contributed by atoms with Crippen molar-refractivity contribution in [1.82, 2.24) is 0 Å². The Morgan fingerprint density at radius 3 is 1.93 bits per heavy atom. The average Bonchev–Trinajstić information content (AvgIpc) is 2.54. The first-order valence-corrected chi connectivity index (χ1v) is 33.3. The van der Waals surface area contributed by atoms with Crippen LogP contribution in [0.5, 0.6) is 0 Å². The van der Waals surface area contributed by atoms with Gasteiger partial charge in [0.1, 0.15) is 0 Å². The molecule has 1 aliphatic rings. The van der Waals surface area contributed by atoms with Crippen LogP contribution in [0, 0.1) is 0 Å². The van der Waals surface area contributed by atoms with Gasteiger partial charge in [-0.2, -0.15) is 0 Å². The third-order valence-electron chi connectivity index (χ3n) is 5.21. The van der Waals surface area contributed by atoms with Crippen LogP contribution in [0.4, 0.5) is 0 Å². The van der Waals surface area contributed by atoms with Gasteiger partial charge in [0.2, 0.25) is 0 Å². The second-order valence-corrected chi connectivity index (χ2v) is 43.1. The fourth-order valence-corrected chi connectivity index (χ4v) is 20.3. The van der Waals surface area contributed by atoms with E-state index in [-0.39, 0.29) is 13.7 Å². The number of hydrogen-bond donors (Lipinski definition) is 2. The Bertz CT molecular complexity index is 1240. The van der Waals surface area contributed by atoms with E-state index in [1.54, 1.807) is 6.07 Å². The second kappa shape index (κ2) is 7.91. The van der Waals surface area contributed by atoms with Gasteiger partial charge in [-0.1, -0.05) is 0 Å². The van der Waals surface area contributed by atoms with Crippen LogP contribution in [0.15, 0.2) is 49.9 Å². The zero-order valence-electron chi connectivity index (χ0n) is 17.7. The first-order chi connectivity index (χ1) is 13.4. The van der Waals surface area contributed by atoms with Gasteiger partial charge in [-0.05, 0) is 0 Å². The van der Waals surface area contributed by atoms with E-state index in [1.165, 1.54) is 33.5 Å². The molecule has 0 fully saturated rings. The molecule has 30 heavy (non-hydrogen) atoms. The molecule has 1 heterocycles. The van der Waals surface area contributed by atoms with Crippen molar-refractivity contribution in [3.05, 3.63) is 41.5 Å². The third kappa shape index (κ3) is 4.76.